The van der Waals surface area contributed by atoms with E-state index in [2.05, 4.69) is 39.9 Å². The first-order chi connectivity index (χ1) is 19.7. The van der Waals surface area contributed by atoms with Crippen molar-refractivity contribution >= 4 is 29.1 Å². The molecule has 1 heterocycles. The smallest absolute Gasteiger partial charge is 0.270 e. The van der Waals surface area contributed by atoms with Crippen LogP contribution in [0.1, 0.15) is 118 Å². The minimum Gasteiger partial charge on any atom is -0.371 e. The van der Waals surface area contributed by atoms with E-state index in [1.165, 1.54) is 11.3 Å². The molecule has 3 unspecified atom stereocenters. The Balaban J connectivity index is 1.77. The van der Waals surface area contributed by atoms with Crippen LogP contribution in [0.15, 0.2) is 29.6 Å². The summed E-state index contributed by atoms with van der Waals surface area (Å²) < 4.78 is 6.30. The summed E-state index contributed by atoms with van der Waals surface area (Å²) in [5.74, 6) is -0.633. The maximum absolute atomic E-state index is 13.3. The summed E-state index contributed by atoms with van der Waals surface area (Å²) in [4.78, 5) is 45.4. The summed E-state index contributed by atoms with van der Waals surface area (Å²) in [7, 11) is 0. The highest BCUT2D eigenvalue weighted by Crippen LogP contribution is 2.33. The number of nitrogens with one attached hydrogen (secondary N) is 1. The molecule has 1 aromatic heterocycles. The van der Waals surface area contributed by atoms with Gasteiger partial charge in [0.1, 0.15) is 16.8 Å². The third-order valence-electron chi connectivity index (χ3n) is 7.80. The van der Waals surface area contributed by atoms with Gasteiger partial charge < -0.3 is 20.7 Å². The van der Waals surface area contributed by atoms with Gasteiger partial charge in [-0.1, -0.05) is 65.3 Å². The van der Waals surface area contributed by atoms with Crippen molar-refractivity contribution in [2.45, 2.75) is 110 Å². The third-order valence-corrected chi connectivity index (χ3v) is 8.74. The van der Waals surface area contributed by atoms with Crippen molar-refractivity contribution in [3.63, 3.8) is 0 Å². The number of unbranched alkanes of at least 4 members (excludes halogenated alkanes) is 1. The van der Waals surface area contributed by atoms with Gasteiger partial charge in [0.05, 0.1) is 5.92 Å². The van der Waals surface area contributed by atoms with Gasteiger partial charge in [0.25, 0.3) is 5.91 Å². The number of hydrogen-bond donors (Lipinski definition) is 2. The lowest BCUT2D eigenvalue weighted by Gasteiger charge is -2.36. The van der Waals surface area contributed by atoms with Gasteiger partial charge in [-0.05, 0) is 49.1 Å². The van der Waals surface area contributed by atoms with Gasteiger partial charge in [-0.25, -0.2) is 4.98 Å². The van der Waals surface area contributed by atoms with Crippen LogP contribution in [-0.2, 0) is 20.7 Å². The van der Waals surface area contributed by atoms with E-state index < -0.39 is 5.92 Å². The van der Waals surface area contributed by atoms with Crippen molar-refractivity contribution in [1.82, 2.24) is 15.2 Å². The fourth-order valence-electron chi connectivity index (χ4n) is 5.67. The Kier molecular flexibility index (Phi) is 12.8. The molecule has 3 rings (SSSR count). The number of nitrogens with two attached hydrogens (primary N) is 1. The van der Waals surface area contributed by atoms with Crippen LogP contribution in [0.3, 0.4) is 0 Å². The van der Waals surface area contributed by atoms with Gasteiger partial charge >= 0.3 is 0 Å². The predicted octanol–water partition coefficient (Wildman–Crippen LogP) is 5.77. The number of rotatable bonds is 16. The zero-order valence-corrected chi connectivity index (χ0v) is 26.2. The van der Waals surface area contributed by atoms with Gasteiger partial charge in [-0.2, -0.15) is 0 Å². The lowest BCUT2D eigenvalue weighted by molar-refractivity contribution is -0.135. The fourth-order valence-corrected chi connectivity index (χ4v) is 6.52. The average Bonchev–Trinajstić information content (AvgIpc) is 3.45. The van der Waals surface area contributed by atoms with Crippen LogP contribution < -0.4 is 11.1 Å². The lowest BCUT2D eigenvalue weighted by Crippen LogP contribution is -2.44. The van der Waals surface area contributed by atoms with Crippen molar-refractivity contribution < 1.29 is 19.1 Å². The molecule has 0 saturated carbocycles. The second kappa shape index (κ2) is 16.0. The molecule has 0 radical (unpaired) electrons. The molecule has 4 atom stereocenters. The number of benzene rings is 1. The standard InChI is InChI=1S/C32H48N4O4S/c1-6-9-14-29(37)36(15-7-2)27(21(4)5)19-28(40-16-8-3)32-35-26(20-41-32)31(39)34-23-17-22-12-10-11-13-24(22)25(18-23)30(33)38/h10-13,20-21,23,25,27-28H,6-9,14-19H2,1-5H3,(H2,33,38)(H,34,39)/t23?,25-,27?,28?/m1/s1. The Morgan fingerprint density at radius 2 is 1.90 bits per heavy atom. The number of carbonyl (C=O) groups is 3. The molecular formula is C32H48N4O4S. The summed E-state index contributed by atoms with van der Waals surface area (Å²) in [6.07, 6.45) is 5.61. The highest BCUT2D eigenvalue weighted by atomic mass is 32.1. The summed E-state index contributed by atoms with van der Waals surface area (Å²) in [6.45, 7) is 11.9. The second-order valence-electron chi connectivity index (χ2n) is 11.4. The Hall–Kier alpha value is -2.78. The van der Waals surface area contributed by atoms with Gasteiger partial charge in [0.15, 0.2) is 0 Å². The minimum absolute atomic E-state index is 0.00961. The number of aromatic nitrogens is 1. The zero-order valence-electron chi connectivity index (χ0n) is 25.4. The molecule has 2 aromatic rings. The highest BCUT2D eigenvalue weighted by molar-refractivity contribution is 7.09. The van der Waals surface area contributed by atoms with E-state index in [1.807, 2.05) is 29.2 Å². The van der Waals surface area contributed by atoms with E-state index in [0.29, 0.717) is 44.5 Å². The largest absolute Gasteiger partial charge is 0.371 e. The summed E-state index contributed by atoms with van der Waals surface area (Å²) in [5.41, 5.74) is 8.03. The first kappa shape index (κ1) is 32.7. The third kappa shape index (κ3) is 8.85. The van der Waals surface area contributed by atoms with E-state index in [1.54, 1.807) is 5.38 Å². The van der Waals surface area contributed by atoms with Crippen molar-refractivity contribution in [3.05, 3.63) is 51.5 Å². The quantitative estimate of drug-likeness (QED) is 0.260. The molecule has 1 aliphatic carbocycles. The van der Waals surface area contributed by atoms with E-state index in [4.69, 9.17) is 15.5 Å². The molecule has 3 N–H and O–H groups in total. The number of amides is 3. The van der Waals surface area contributed by atoms with Crippen LogP contribution in [-0.4, -0.2) is 52.8 Å². The molecule has 0 fully saturated rings. The number of hydrogen-bond acceptors (Lipinski definition) is 6. The first-order valence-corrected chi connectivity index (χ1v) is 16.1. The molecule has 9 heteroatoms. The number of nitrogens with zero attached hydrogens (tertiary/aromatic N) is 2. The predicted molar refractivity (Wildman–Crippen MR) is 164 cm³/mol. The molecular weight excluding hydrogens is 536 g/mol. The fraction of sp³-hybridized carbons (Fsp3) is 0.625. The Labute approximate surface area is 249 Å². The second-order valence-corrected chi connectivity index (χ2v) is 12.3. The van der Waals surface area contributed by atoms with E-state index in [0.717, 1.165) is 41.8 Å². The molecule has 0 saturated heterocycles. The highest BCUT2D eigenvalue weighted by Gasteiger charge is 2.33. The molecule has 226 valence electrons. The van der Waals surface area contributed by atoms with E-state index in [9.17, 15) is 14.4 Å². The maximum atomic E-state index is 13.3. The zero-order chi connectivity index (χ0) is 29.9. The number of thiazole rings is 1. The van der Waals surface area contributed by atoms with Gasteiger partial charge in [-0.15, -0.1) is 11.3 Å². The van der Waals surface area contributed by atoms with Crippen molar-refractivity contribution in [1.29, 1.82) is 0 Å². The average molecular weight is 585 g/mol. The molecule has 1 aromatic carbocycles. The Morgan fingerprint density at radius 3 is 2.56 bits per heavy atom. The van der Waals surface area contributed by atoms with Crippen LogP contribution in [0.5, 0.6) is 0 Å². The van der Waals surface area contributed by atoms with E-state index in [-0.39, 0.29) is 41.8 Å². The molecule has 8 nitrogen and oxygen atoms in total. The molecule has 0 bridgehead atoms. The summed E-state index contributed by atoms with van der Waals surface area (Å²) >= 11 is 1.42. The van der Waals surface area contributed by atoms with Crippen molar-refractivity contribution in [3.8, 4) is 0 Å². The topological polar surface area (TPSA) is 115 Å². The summed E-state index contributed by atoms with van der Waals surface area (Å²) in [6, 6.07) is 7.57. The lowest BCUT2D eigenvalue weighted by atomic mass is 9.79. The number of ether oxygens (including phenoxy) is 1. The van der Waals surface area contributed by atoms with Gasteiger partial charge in [0, 0.05) is 43.5 Å². The van der Waals surface area contributed by atoms with Gasteiger partial charge in [0.2, 0.25) is 11.8 Å². The molecule has 0 aliphatic heterocycles. The normalized spacial score (nSPS) is 18.0. The first-order valence-electron chi connectivity index (χ1n) is 15.2. The molecule has 41 heavy (non-hydrogen) atoms. The van der Waals surface area contributed by atoms with Gasteiger partial charge in [-0.3, -0.25) is 14.4 Å². The van der Waals surface area contributed by atoms with Crippen molar-refractivity contribution in [2.75, 3.05) is 13.2 Å². The van der Waals surface area contributed by atoms with Crippen LogP contribution >= 0.6 is 11.3 Å². The van der Waals surface area contributed by atoms with E-state index >= 15 is 0 Å². The number of carbonyl (C=O) groups excluding carboxylic acids is 3. The SMILES string of the molecule is CCCCC(=O)N(CCC)C(CC(OCCC)c1nc(C(=O)NC2Cc3ccccc3[C@H](C(N)=O)C2)cs1)C(C)C. The number of primary amides is 1. The molecule has 1 aliphatic rings. The maximum Gasteiger partial charge on any atom is 0.270 e. The van der Waals surface area contributed by atoms with Crippen LogP contribution in [0, 0.1) is 5.92 Å². The molecule has 3 amide bonds. The van der Waals surface area contributed by atoms with Crippen LogP contribution in [0.25, 0.3) is 0 Å². The summed E-state index contributed by atoms with van der Waals surface area (Å²) in [5, 5.41) is 5.61. The monoisotopic (exact) mass is 584 g/mol. The molecule has 0 spiro atoms. The van der Waals surface area contributed by atoms with Crippen molar-refractivity contribution in [2.24, 2.45) is 11.7 Å². The Morgan fingerprint density at radius 1 is 1.15 bits per heavy atom. The minimum atomic E-state index is -0.429. The Bertz CT molecular complexity index is 1150. The van der Waals surface area contributed by atoms with Crippen LogP contribution in [0.4, 0.5) is 0 Å². The van der Waals surface area contributed by atoms with Crippen LogP contribution in [0.2, 0.25) is 0 Å². The number of fused-ring (bicyclic) bond motifs is 1.